The molecule has 1 amide bonds. The van der Waals surface area contributed by atoms with Gasteiger partial charge in [0.2, 0.25) is 0 Å². The molecule has 0 aromatic rings. The minimum atomic E-state index is -3.61. The van der Waals surface area contributed by atoms with Crippen molar-refractivity contribution < 1.29 is 23.1 Å². The predicted molar refractivity (Wildman–Crippen MR) is 84.1 cm³/mol. The highest BCUT2D eigenvalue weighted by Gasteiger charge is 2.31. The van der Waals surface area contributed by atoms with Gasteiger partial charge in [0, 0.05) is 12.7 Å². The number of nitrogens with one attached hydrogen (secondary N) is 1. The summed E-state index contributed by atoms with van der Waals surface area (Å²) < 4.78 is 26.9. The molecule has 0 radical (unpaired) electrons. The molecule has 2 heterocycles. The van der Waals surface area contributed by atoms with Crippen molar-refractivity contribution in [3.05, 3.63) is 36.1 Å². The van der Waals surface area contributed by atoms with Gasteiger partial charge >= 0.3 is 5.97 Å². The summed E-state index contributed by atoms with van der Waals surface area (Å²) in [6, 6.07) is -1.10. The van der Waals surface area contributed by atoms with Gasteiger partial charge in [-0.3, -0.25) is 4.79 Å². The van der Waals surface area contributed by atoms with Crippen LogP contribution in [-0.4, -0.2) is 54.5 Å². The van der Waals surface area contributed by atoms with Crippen LogP contribution in [0.25, 0.3) is 0 Å². The van der Waals surface area contributed by atoms with Gasteiger partial charge in [0.25, 0.3) is 15.9 Å². The number of rotatable bonds is 5. The van der Waals surface area contributed by atoms with E-state index < -0.39 is 27.9 Å². The highest BCUT2D eigenvalue weighted by atomic mass is 32.2. The zero-order valence-electron chi connectivity index (χ0n) is 12.5. The van der Waals surface area contributed by atoms with Gasteiger partial charge in [-0.2, -0.15) is 0 Å². The number of hydrogen-bond acceptors (Lipinski definition) is 5. The molecule has 2 aliphatic rings. The maximum Gasteiger partial charge on any atom is 0.326 e. The van der Waals surface area contributed by atoms with Crippen molar-refractivity contribution in [1.29, 1.82) is 0 Å². The van der Waals surface area contributed by atoms with E-state index in [0.717, 1.165) is 0 Å². The van der Waals surface area contributed by atoms with E-state index >= 15 is 0 Å². The lowest BCUT2D eigenvalue weighted by Gasteiger charge is -2.29. The number of aliphatic carboxylic acids is 1. The first-order valence-electron chi connectivity index (χ1n) is 6.97. The molecule has 2 N–H and O–H groups in total. The normalized spacial score (nSPS) is 20.5. The number of carboxylic acids is 1. The molecule has 2 rings (SSSR count). The summed E-state index contributed by atoms with van der Waals surface area (Å²) in [5.41, 5.74) is 0.0301. The van der Waals surface area contributed by atoms with E-state index in [0.29, 0.717) is 0 Å². The lowest BCUT2D eigenvalue weighted by molar-refractivity contribution is -0.141. The number of hydrogen-bond donors (Lipinski definition) is 2. The van der Waals surface area contributed by atoms with Gasteiger partial charge in [-0.05, 0) is 25.5 Å². The van der Waals surface area contributed by atoms with Crippen LogP contribution in [0.15, 0.2) is 40.5 Å². The van der Waals surface area contributed by atoms with Crippen molar-refractivity contribution in [2.24, 2.45) is 4.40 Å². The Labute approximate surface area is 133 Å². The zero-order chi connectivity index (χ0) is 17.0. The molecule has 9 heteroatoms. The molecule has 0 fully saturated rings. The first-order chi connectivity index (χ1) is 10.8. The summed E-state index contributed by atoms with van der Waals surface area (Å²) in [7, 11) is -3.61. The quantitative estimate of drug-likeness (QED) is 0.682. The van der Waals surface area contributed by atoms with Crippen LogP contribution in [0.4, 0.5) is 0 Å². The van der Waals surface area contributed by atoms with Crippen LogP contribution >= 0.6 is 0 Å². The summed E-state index contributed by atoms with van der Waals surface area (Å²) in [6.07, 6.45) is 8.08. The second-order valence-electron chi connectivity index (χ2n) is 4.99. The number of nitrogens with zero attached hydrogens (tertiary/aromatic N) is 2. The Balaban J connectivity index is 2.24. The summed E-state index contributed by atoms with van der Waals surface area (Å²) in [6.45, 7) is 1.94. The number of amidine groups is 1. The minimum absolute atomic E-state index is 0.0198. The summed E-state index contributed by atoms with van der Waals surface area (Å²) >= 11 is 0. The highest BCUT2D eigenvalue weighted by Crippen LogP contribution is 2.18. The fourth-order valence-corrected chi connectivity index (χ4v) is 3.11. The fourth-order valence-electron chi connectivity index (χ4n) is 2.12. The van der Waals surface area contributed by atoms with Crippen LogP contribution in [-0.2, 0) is 19.6 Å². The molecule has 0 saturated heterocycles. The van der Waals surface area contributed by atoms with E-state index in [9.17, 15) is 18.0 Å². The van der Waals surface area contributed by atoms with E-state index in [-0.39, 0.29) is 30.1 Å². The van der Waals surface area contributed by atoms with Crippen LogP contribution in [0.5, 0.6) is 0 Å². The number of fused-ring (bicyclic) bond motifs is 1. The lowest BCUT2D eigenvalue weighted by Crippen LogP contribution is -2.46. The predicted octanol–water partition coefficient (Wildman–Crippen LogP) is 0.0196. The maximum atomic E-state index is 12.3. The highest BCUT2D eigenvalue weighted by molar-refractivity contribution is 7.90. The van der Waals surface area contributed by atoms with Crippen molar-refractivity contribution >= 4 is 27.7 Å². The Morgan fingerprint density at radius 1 is 1.52 bits per heavy atom. The molecule has 124 valence electrons. The van der Waals surface area contributed by atoms with E-state index in [1.165, 1.54) is 6.08 Å². The topological polar surface area (TPSA) is 116 Å². The van der Waals surface area contributed by atoms with Gasteiger partial charge in [0.05, 0.1) is 11.3 Å². The van der Waals surface area contributed by atoms with Gasteiger partial charge in [0.1, 0.15) is 6.04 Å². The standard InChI is InChI=1S/C14H17N3O5S/c1-2-3-6-11(14(19)20)15-13(18)10-5-4-7-17-8-9-23(21,22)16-12(10)17/h2-5,7,11H,6,8-9H2,1H3,(H,15,18)(H,19,20)/b3-2+. The van der Waals surface area contributed by atoms with Gasteiger partial charge in [0.15, 0.2) is 5.84 Å². The molecule has 0 bridgehead atoms. The second kappa shape index (κ2) is 6.78. The SMILES string of the molecule is C/C=C/CC(NC(=O)C1=CC=CN2CCS(=O)(=O)N=C12)C(=O)O. The molecule has 0 spiro atoms. The largest absolute Gasteiger partial charge is 0.480 e. The Bertz CT molecular complexity index is 734. The van der Waals surface area contributed by atoms with Crippen molar-refractivity contribution in [3.8, 4) is 0 Å². The number of sulfonamides is 1. The van der Waals surface area contributed by atoms with E-state index in [4.69, 9.17) is 5.11 Å². The summed E-state index contributed by atoms with van der Waals surface area (Å²) in [4.78, 5) is 25.1. The molecule has 0 aromatic carbocycles. The van der Waals surface area contributed by atoms with Gasteiger partial charge in [-0.25, -0.2) is 13.2 Å². The summed E-state index contributed by atoms with van der Waals surface area (Å²) in [5.74, 6) is -1.95. The average Bonchev–Trinajstić information content (AvgIpc) is 2.49. The van der Waals surface area contributed by atoms with Crippen LogP contribution < -0.4 is 5.32 Å². The van der Waals surface area contributed by atoms with Crippen molar-refractivity contribution in [2.75, 3.05) is 12.3 Å². The molecular weight excluding hydrogens is 322 g/mol. The molecule has 0 aromatic heterocycles. The smallest absolute Gasteiger partial charge is 0.326 e. The van der Waals surface area contributed by atoms with Crippen LogP contribution in [0.1, 0.15) is 13.3 Å². The molecule has 8 nitrogen and oxygen atoms in total. The lowest BCUT2D eigenvalue weighted by atomic mass is 10.1. The Hall–Kier alpha value is -2.42. The van der Waals surface area contributed by atoms with E-state index in [2.05, 4.69) is 9.71 Å². The molecular formula is C14H17N3O5S. The van der Waals surface area contributed by atoms with Crippen LogP contribution in [0, 0.1) is 0 Å². The molecule has 0 aliphatic carbocycles. The van der Waals surface area contributed by atoms with Crippen molar-refractivity contribution in [3.63, 3.8) is 0 Å². The third-order valence-corrected chi connectivity index (χ3v) is 4.46. The monoisotopic (exact) mass is 339 g/mol. The molecule has 1 atom stereocenters. The Morgan fingerprint density at radius 3 is 2.91 bits per heavy atom. The number of carboxylic acid groups (broad SMARTS) is 1. The van der Waals surface area contributed by atoms with Crippen LogP contribution in [0.2, 0.25) is 0 Å². The van der Waals surface area contributed by atoms with Crippen molar-refractivity contribution in [1.82, 2.24) is 10.2 Å². The third kappa shape index (κ3) is 4.07. The average molecular weight is 339 g/mol. The van der Waals surface area contributed by atoms with Gasteiger partial charge < -0.3 is 15.3 Å². The Morgan fingerprint density at radius 2 is 2.26 bits per heavy atom. The molecule has 0 saturated carbocycles. The first kappa shape index (κ1) is 16.9. The number of amides is 1. The molecule has 1 unspecified atom stereocenters. The third-order valence-electron chi connectivity index (χ3n) is 3.31. The van der Waals surface area contributed by atoms with Gasteiger partial charge in [-0.15, -0.1) is 4.40 Å². The second-order valence-corrected chi connectivity index (χ2v) is 6.74. The zero-order valence-corrected chi connectivity index (χ0v) is 13.3. The minimum Gasteiger partial charge on any atom is -0.480 e. The molecule has 23 heavy (non-hydrogen) atoms. The number of carbonyl (C=O) groups is 2. The summed E-state index contributed by atoms with van der Waals surface area (Å²) in [5, 5.41) is 11.5. The maximum absolute atomic E-state index is 12.3. The van der Waals surface area contributed by atoms with Crippen LogP contribution in [0.3, 0.4) is 0 Å². The molecule has 2 aliphatic heterocycles. The van der Waals surface area contributed by atoms with Crippen molar-refractivity contribution in [2.45, 2.75) is 19.4 Å². The number of carbonyl (C=O) groups excluding carboxylic acids is 1. The fraction of sp³-hybridized carbons (Fsp3) is 0.357. The Kier molecular flexibility index (Phi) is 4.99. The first-order valence-corrected chi connectivity index (χ1v) is 8.58. The number of allylic oxidation sites excluding steroid dienone is 3. The van der Waals surface area contributed by atoms with E-state index in [1.54, 1.807) is 36.3 Å². The van der Waals surface area contributed by atoms with Gasteiger partial charge in [-0.1, -0.05) is 12.2 Å². The van der Waals surface area contributed by atoms with E-state index in [1.807, 2.05) is 0 Å².